The summed E-state index contributed by atoms with van der Waals surface area (Å²) in [6.07, 6.45) is 8.34. The molecule has 1 heterocycles. The highest BCUT2D eigenvalue weighted by Crippen LogP contribution is 2.32. The Bertz CT molecular complexity index is 611. The molecule has 1 aromatic heterocycles. The van der Waals surface area contributed by atoms with Gasteiger partial charge in [0.25, 0.3) is 0 Å². The standard InChI is InChI=1S/C18H21NO/c1-2-18(20)16-10-11-19(13-16)12-15-8-5-7-14-6-3-4-9-17(14)15/h3-4,6,9-11,13,15H,2,5,7-8,12H2,1H3. The van der Waals surface area contributed by atoms with Gasteiger partial charge in [0.2, 0.25) is 0 Å². The van der Waals surface area contributed by atoms with Crippen molar-refractivity contribution in [3.8, 4) is 0 Å². The molecule has 0 saturated carbocycles. The Morgan fingerprint density at radius 1 is 1.30 bits per heavy atom. The highest BCUT2D eigenvalue weighted by Gasteiger charge is 2.20. The second kappa shape index (κ2) is 5.66. The number of fused-ring (bicyclic) bond motifs is 1. The van der Waals surface area contributed by atoms with Gasteiger partial charge in [0, 0.05) is 36.8 Å². The Morgan fingerprint density at radius 2 is 2.15 bits per heavy atom. The summed E-state index contributed by atoms with van der Waals surface area (Å²) in [5.41, 5.74) is 3.84. The van der Waals surface area contributed by atoms with Crippen molar-refractivity contribution >= 4 is 5.78 Å². The van der Waals surface area contributed by atoms with Crippen LogP contribution >= 0.6 is 0 Å². The van der Waals surface area contributed by atoms with Crippen LogP contribution in [0.5, 0.6) is 0 Å². The van der Waals surface area contributed by atoms with Gasteiger partial charge in [-0.05, 0) is 36.5 Å². The number of benzene rings is 1. The van der Waals surface area contributed by atoms with Crippen LogP contribution in [-0.4, -0.2) is 10.4 Å². The predicted molar refractivity (Wildman–Crippen MR) is 81.2 cm³/mol. The lowest BCUT2D eigenvalue weighted by molar-refractivity contribution is 0.0988. The lowest BCUT2D eigenvalue weighted by Gasteiger charge is -2.25. The van der Waals surface area contributed by atoms with Gasteiger partial charge < -0.3 is 4.57 Å². The molecule has 2 heteroatoms. The Labute approximate surface area is 120 Å². The third-order valence-electron chi connectivity index (χ3n) is 4.32. The lowest BCUT2D eigenvalue weighted by Crippen LogP contribution is -2.14. The van der Waals surface area contributed by atoms with E-state index in [1.165, 1.54) is 30.4 Å². The van der Waals surface area contributed by atoms with Crippen LogP contribution in [0.25, 0.3) is 0 Å². The highest BCUT2D eigenvalue weighted by atomic mass is 16.1. The Balaban J connectivity index is 1.79. The first kappa shape index (κ1) is 13.2. The monoisotopic (exact) mass is 267 g/mol. The lowest BCUT2D eigenvalue weighted by atomic mass is 9.83. The molecule has 104 valence electrons. The summed E-state index contributed by atoms with van der Waals surface area (Å²) < 4.78 is 2.18. The SMILES string of the molecule is CCC(=O)c1ccn(CC2CCCc3ccccc32)c1. The number of rotatable bonds is 4. The van der Waals surface area contributed by atoms with E-state index in [9.17, 15) is 4.79 Å². The molecular weight excluding hydrogens is 246 g/mol. The maximum Gasteiger partial charge on any atom is 0.164 e. The van der Waals surface area contributed by atoms with Crippen LogP contribution in [0, 0.1) is 0 Å². The molecule has 1 atom stereocenters. The summed E-state index contributed by atoms with van der Waals surface area (Å²) in [4.78, 5) is 11.7. The summed E-state index contributed by atoms with van der Waals surface area (Å²) >= 11 is 0. The van der Waals surface area contributed by atoms with Gasteiger partial charge in [-0.25, -0.2) is 0 Å². The molecule has 2 nitrogen and oxygen atoms in total. The fourth-order valence-electron chi connectivity index (χ4n) is 3.22. The van der Waals surface area contributed by atoms with Crippen molar-refractivity contribution in [2.45, 2.75) is 45.1 Å². The largest absolute Gasteiger partial charge is 0.353 e. The van der Waals surface area contributed by atoms with Crippen LogP contribution in [0.1, 0.15) is 53.6 Å². The second-order valence-corrected chi connectivity index (χ2v) is 5.66. The fourth-order valence-corrected chi connectivity index (χ4v) is 3.22. The number of ketones is 1. The maximum absolute atomic E-state index is 11.7. The zero-order valence-corrected chi connectivity index (χ0v) is 12.0. The van der Waals surface area contributed by atoms with Gasteiger partial charge in [-0.3, -0.25) is 4.79 Å². The van der Waals surface area contributed by atoms with E-state index in [4.69, 9.17) is 0 Å². The van der Waals surface area contributed by atoms with Crippen LogP contribution < -0.4 is 0 Å². The zero-order chi connectivity index (χ0) is 13.9. The average molecular weight is 267 g/mol. The van der Waals surface area contributed by atoms with Gasteiger partial charge in [0.1, 0.15) is 0 Å². The quantitative estimate of drug-likeness (QED) is 0.761. The minimum Gasteiger partial charge on any atom is -0.353 e. The molecule has 0 N–H and O–H groups in total. The molecule has 1 aromatic carbocycles. The Hall–Kier alpha value is -1.83. The molecule has 1 aliphatic carbocycles. The zero-order valence-electron chi connectivity index (χ0n) is 12.0. The van der Waals surface area contributed by atoms with E-state index in [0.717, 1.165) is 12.1 Å². The number of aromatic nitrogens is 1. The topological polar surface area (TPSA) is 22.0 Å². The summed E-state index contributed by atoms with van der Waals surface area (Å²) in [5, 5.41) is 0. The van der Waals surface area contributed by atoms with Crippen LogP contribution in [0.3, 0.4) is 0 Å². The molecule has 0 saturated heterocycles. The van der Waals surface area contributed by atoms with Gasteiger partial charge in [0.05, 0.1) is 0 Å². The van der Waals surface area contributed by atoms with E-state index >= 15 is 0 Å². The van der Waals surface area contributed by atoms with Crippen LogP contribution in [0.4, 0.5) is 0 Å². The van der Waals surface area contributed by atoms with Crippen molar-refractivity contribution in [3.63, 3.8) is 0 Å². The van der Waals surface area contributed by atoms with Crippen molar-refractivity contribution in [3.05, 3.63) is 59.4 Å². The number of nitrogens with zero attached hydrogens (tertiary/aromatic N) is 1. The summed E-state index contributed by atoms with van der Waals surface area (Å²) in [6.45, 7) is 2.89. The third-order valence-corrected chi connectivity index (χ3v) is 4.32. The average Bonchev–Trinajstić information content (AvgIpc) is 2.95. The Kier molecular flexibility index (Phi) is 3.72. The molecule has 0 spiro atoms. The number of hydrogen-bond acceptors (Lipinski definition) is 1. The first-order chi connectivity index (χ1) is 9.78. The summed E-state index contributed by atoms with van der Waals surface area (Å²) in [7, 11) is 0. The first-order valence-electron chi connectivity index (χ1n) is 7.54. The van der Waals surface area contributed by atoms with E-state index < -0.39 is 0 Å². The molecule has 3 rings (SSSR count). The molecular formula is C18H21NO. The van der Waals surface area contributed by atoms with Crippen LogP contribution in [0.2, 0.25) is 0 Å². The molecule has 1 aliphatic rings. The normalized spacial score (nSPS) is 17.8. The van der Waals surface area contributed by atoms with Crippen LogP contribution in [-0.2, 0) is 13.0 Å². The molecule has 0 aliphatic heterocycles. The smallest absolute Gasteiger partial charge is 0.164 e. The van der Waals surface area contributed by atoms with Gasteiger partial charge >= 0.3 is 0 Å². The minimum atomic E-state index is 0.229. The van der Waals surface area contributed by atoms with Gasteiger partial charge in [0.15, 0.2) is 5.78 Å². The van der Waals surface area contributed by atoms with E-state index in [1.807, 2.05) is 25.4 Å². The van der Waals surface area contributed by atoms with E-state index in [1.54, 1.807) is 0 Å². The highest BCUT2D eigenvalue weighted by molar-refractivity contribution is 5.95. The molecule has 1 unspecified atom stereocenters. The molecule has 20 heavy (non-hydrogen) atoms. The van der Waals surface area contributed by atoms with Crippen molar-refractivity contribution in [2.75, 3.05) is 0 Å². The number of aryl methyl sites for hydroxylation is 1. The summed E-state index contributed by atoms with van der Waals surface area (Å²) in [5.74, 6) is 0.810. The molecule has 0 bridgehead atoms. The molecule has 2 aromatic rings. The predicted octanol–water partition coefficient (Wildman–Crippen LogP) is 4.20. The number of carbonyl (C=O) groups is 1. The third kappa shape index (κ3) is 2.55. The summed E-state index contributed by atoms with van der Waals surface area (Å²) in [6, 6.07) is 10.7. The van der Waals surface area contributed by atoms with Gasteiger partial charge in [-0.15, -0.1) is 0 Å². The van der Waals surface area contributed by atoms with Crippen molar-refractivity contribution < 1.29 is 4.79 Å². The number of hydrogen-bond donors (Lipinski definition) is 0. The van der Waals surface area contributed by atoms with E-state index in [0.29, 0.717) is 12.3 Å². The number of carbonyl (C=O) groups excluding carboxylic acids is 1. The number of Topliss-reactive ketones (excluding diaryl/α,β-unsaturated/α-hetero) is 1. The van der Waals surface area contributed by atoms with Crippen molar-refractivity contribution in [1.82, 2.24) is 4.57 Å². The minimum absolute atomic E-state index is 0.229. The van der Waals surface area contributed by atoms with E-state index in [2.05, 4.69) is 28.8 Å². The maximum atomic E-state index is 11.7. The fraction of sp³-hybridized carbons (Fsp3) is 0.389. The van der Waals surface area contributed by atoms with Crippen LogP contribution in [0.15, 0.2) is 42.7 Å². The van der Waals surface area contributed by atoms with Gasteiger partial charge in [-0.2, -0.15) is 0 Å². The molecule has 0 amide bonds. The van der Waals surface area contributed by atoms with E-state index in [-0.39, 0.29) is 5.78 Å². The second-order valence-electron chi connectivity index (χ2n) is 5.66. The Morgan fingerprint density at radius 3 is 3.00 bits per heavy atom. The van der Waals surface area contributed by atoms with Crippen molar-refractivity contribution in [2.24, 2.45) is 0 Å². The van der Waals surface area contributed by atoms with Gasteiger partial charge in [-0.1, -0.05) is 31.2 Å². The first-order valence-corrected chi connectivity index (χ1v) is 7.54. The van der Waals surface area contributed by atoms with Crippen molar-refractivity contribution in [1.29, 1.82) is 0 Å². The molecule has 0 fully saturated rings. The molecule has 0 radical (unpaired) electrons.